The van der Waals surface area contributed by atoms with E-state index >= 15 is 0 Å². The molecule has 0 bridgehead atoms. The maximum absolute atomic E-state index is 11.6. The Morgan fingerprint density at radius 1 is 1.43 bits per heavy atom. The number of amides is 1. The maximum atomic E-state index is 11.6. The molecule has 74 valence electrons. The molecule has 0 saturated carbocycles. The van der Waals surface area contributed by atoms with Crippen LogP contribution in [0.3, 0.4) is 0 Å². The van der Waals surface area contributed by atoms with E-state index < -0.39 is 0 Å². The van der Waals surface area contributed by atoms with Crippen molar-refractivity contribution in [2.24, 2.45) is 0 Å². The summed E-state index contributed by atoms with van der Waals surface area (Å²) in [5.41, 5.74) is 4.77. The first-order chi connectivity index (χ1) is 6.77. The number of aromatic nitrogens is 1. The predicted molar refractivity (Wildman–Crippen MR) is 54.4 cm³/mol. The molecule has 1 aromatic rings. The third-order valence-corrected chi connectivity index (χ3v) is 2.38. The van der Waals surface area contributed by atoms with Crippen LogP contribution in [0, 0.1) is 0 Å². The van der Waals surface area contributed by atoms with Crippen LogP contribution in [0.25, 0.3) is 0 Å². The average molecular weight is 191 g/mol. The van der Waals surface area contributed by atoms with Gasteiger partial charge in [-0.25, -0.2) is 0 Å². The molecule has 0 aliphatic carbocycles. The summed E-state index contributed by atoms with van der Waals surface area (Å²) in [6.45, 7) is 3.53. The average Bonchev–Trinajstić information content (AvgIpc) is 2.53. The van der Waals surface area contributed by atoms with E-state index in [0.717, 1.165) is 18.7 Å². The van der Waals surface area contributed by atoms with Gasteiger partial charge in [0.05, 0.1) is 0 Å². The zero-order chi connectivity index (χ0) is 9.97. The van der Waals surface area contributed by atoms with Gasteiger partial charge in [-0.2, -0.15) is 0 Å². The van der Waals surface area contributed by atoms with Crippen molar-refractivity contribution >= 4 is 5.91 Å². The van der Waals surface area contributed by atoms with Gasteiger partial charge in [-0.3, -0.25) is 14.9 Å². The van der Waals surface area contributed by atoms with E-state index in [1.54, 1.807) is 17.1 Å². The third kappa shape index (κ3) is 1.70. The normalized spacial score (nSPS) is 14.8. The quantitative estimate of drug-likeness (QED) is 0.668. The van der Waals surface area contributed by atoms with Crippen LogP contribution in [-0.4, -0.2) is 23.7 Å². The monoisotopic (exact) mass is 191 g/mol. The van der Waals surface area contributed by atoms with Crippen LogP contribution in [0.15, 0.2) is 35.7 Å². The molecule has 2 N–H and O–H groups in total. The minimum absolute atomic E-state index is 0.0299. The summed E-state index contributed by atoms with van der Waals surface area (Å²) in [6.07, 6.45) is 3.60. The SMILES string of the molecule is CC(C(=O)Nn1cccc1)=C1CNC1. The van der Waals surface area contributed by atoms with Crippen molar-refractivity contribution in [2.45, 2.75) is 6.92 Å². The molecule has 1 aromatic heterocycles. The van der Waals surface area contributed by atoms with Crippen LogP contribution in [0.4, 0.5) is 0 Å². The number of carbonyl (C=O) groups excluding carboxylic acids is 1. The largest absolute Gasteiger partial charge is 0.309 e. The summed E-state index contributed by atoms with van der Waals surface area (Å²) in [5.74, 6) is -0.0299. The van der Waals surface area contributed by atoms with Crippen LogP contribution in [0.2, 0.25) is 0 Å². The summed E-state index contributed by atoms with van der Waals surface area (Å²) in [6, 6.07) is 3.74. The number of hydrogen-bond donors (Lipinski definition) is 2. The molecule has 4 nitrogen and oxygen atoms in total. The molecule has 0 radical (unpaired) electrons. The second-order valence-corrected chi connectivity index (χ2v) is 3.36. The molecule has 0 atom stereocenters. The lowest BCUT2D eigenvalue weighted by molar-refractivity contribution is -0.113. The standard InChI is InChI=1S/C10H13N3O/c1-8(9-6-11-7-9)10(14)12-13-4-2-3-5-13/h2-5,11H,6-7H2,1H3,(H,12,14). The Labute approximate surface area is 82.6 Å². The number of hydrogen-bond acceptors (Lipinski definition) is 2. The zero-order valence-electron chi connectivity index (χ0n) is 8.08. The second kappa shape index (κ2) is 3.67. The van der Waals surface area contributed by atoms with Gasteiger partial charge < -0.3 is 5.32 Å². The fraction of sp³-hybridized carbons (Fsp3) is 0.300. The van der Waals surface area contributed by atoms with Crippen molar-refractivity contribution in [1.29, 1.82) is 0 Å². The van der Waals surface area contributed by atoms with Gasteiger partial charge >= 0.3 is 0 Å². The van der Waals surface area contributed by atoms with Gasteiger partial charge in [0.1, 0.15) is 0 Å². The first-order valence-corrected chi connectivity index (χ1v) is 4.61. The summed E-state index contributed by atoms with van der Waals surface area (Å²) < 4.78 is 1.65. The van der Waals surface area contributed by atoms with Crippen molar-refractivity contribution < 1.29 is 4.79 Å². The van der Waals surface area contributed by atoms with Crippen LogP contribution >= 0.6 is 0 Å². The van der Waals surface area contributed by atoms with Crippen LogP contribution < -0.4 is 10.7 Å². The van der Waals surface area contributed by atoms with Gasteiger partial charge in [0.15, 0.2) is 0 Å². The van der Waals surface area contributed by atoms with Gasteiger partial charge in [0.25, 0.3) is 5.91 Å². The fourth-order valence-electron chi connectivity index (χ4n) is 1.29. The van der Waals surface area contributed by atoms with Gasteiger partial charge in [-0.05, 0) is 24.6 Å². The van der Waals surface area contributed by atoms with Crippen LogP contribution in [0.5, 0.6) is 0 Å². The highest BCUT2D eigenvalue weighted by Crippen LogP contribution is 2.08. The molecule has 4 heteroatoms. The minimum atomic E-state index is -0.0299. The lowest BCUT2D eigenvalue weighted by Gasteiger charge is -2.21. The molecule has 14 heavy (non-hydrogen) atoms. The summed E-state index contributed by atoms with van der Waals surface area (Å²) in [4.78, 5) is 11.6. The molecule has 2 rings (SSSR count). The Morgan fingerprint density at radius 2 is 2.07 bits per heavy atom. The smallest absolute Gasteiger partial charge is 0.265 e. The van der Waals surface area contributed by atoms with Gasteiger partial charge in [-0.15, -0.1) is 0 Å². The predicted octanol–water partition coefficient (Wildman–Crippen LogP) is 0.478. The minimum Gasteiger partial charge on any atom is -0.309 e. The highest BCUT2D eigenvalue weighted by molar-refractivity contribution is 5.99. The third-order valence-electron chi connectivity index (χ3n) is 2.38. The molecule has 0 spiro atoms. The number of nitrogens with zero attached hydrogens (tertiary/aromatic N) is 1. The summed E-state index contributed by atoms with van der Waals surface area (Å²) in [7, 11) is 0. The highest BCUT2D eigenvalue weighted by Gasteiger charge is 2.15. The van der Waals surface area contributed by atoms with E-state index in [1.165, 1.54) is 5.57 Å². The number of carbonyl (C=O) groups is 1. The lowest BCUT2D eigenvalue weighted by atomic mass is 10.0. The molecule has 1 aliphatic rings. The van der Waals surface area contributed by atoms with E-state index in [0.29, 0.717) is 0 Å². The Hall–Kier alpha value is -1.55. The molecule has 0 aromatic carbocycles. The van der Waals surface area contributed by atoms with Crippen molar-refractivity contribution in [3.63, 3.8) is 0 Å². The van der Waals surface area contributed by atoms with E-state index in [9.17, 15) is 4.79 Å². The topological polar surface area (TPSA) is 46.1 Å². The van der Waals surface area contributed by atoms with Crippen molar-refractivity contribution in [3.05, 3.63) is 35.7 Å². The maximum Gasteiger partial charge on any atom is 0.265 e. The van der Waals surface area contributed by atoms with E-state index in [4.69, 9.17) is 0 Å². The molecule has 1 saturated heterocycles. The first-order valence-electron chi connectivity index (χ1n) is 4.61. The molecule has 1 aliphatic heterocycles. The Morgan fingerprint density at radius 3 is 2.57 bits per heavy atom. The first kappa shape index (κ1) is 9.02. The fourth-order valence-corrected chi connectivity index (χ4v) is 1.29. The van der Waals surface area contributed by atoms with Gasteiger partial charge in [0, 0.05) is 31.1 Å². The molecule has 1 amide bonds. The van der Waals surface area contributed by atoms with Crippen molar-refractivity contribution in [3.8, 4) is 0 Å². The Balaban J connectivity index is 2.02. The van der Waals surface area contributed by atoms with Crippen LogP contribution in [-0.2, 0) is 4.79 Å². The van der Waals surface area contributed by atoms with Gasteiger partial charge in [0.2, 0.25) is 0 Å². The van der Waals surface area contributed by atoms with E-state index in [2.05, 4.69) is 10.7 Å². The summed E-state index contributed by atoms with van der Waals surface area (Å²) in [5, 5.41) is 3.11. The number of nitrogens with one attached hydrogen (secondary N) is 2. The second-order valence-electron chi connectivity index (χ2n) is 3.36. The highest BCUT2D eigenvalue weighted by atomic mass is 16.2. The Kier molecular flexibility index (Phi) is 2.37. The number of rotatable bonds is 2. The van der Waals surface area contributed by atoms with E-state index in [1.807, 2.05) is 19.1 Å². The lowest BCUT2D eigenvalue weighted by Crippen LogP contribution is -2.37. The van der Waals surface area contributed by atoms with Gasteiger partial charge in [-0.1, -0.05) is 0 Å². The summed E-state index contributed by atoms with van der Waals surface area (Å²) >= 11 is 0. The molecule has 2 heterocycles. The van der Waals surface area contributed by atoms with Crippen LogP contribution in [0.1, 0.15) is 6.92 Å². The zero-order valence-corrected chi connectivity index (χ0v) is 8.08. The van der Waals surface area contributed by atoms with E-state index in [-0.39, 0.29) is 5.91 Å². The molecular weight excluding hydrogens is 178 g/mol. The van der Waals surface area contributed by atoms with Crippen molar-refractivity contribution in [1.82, 2.24) is 9.99 Å². The van der Waals surface area contributed by atoms with Crippen molar-refractivity contribution in [2.75, 3.05) is 18.5 Å². The molecular formula is C10H13N3O. The Bertz CT molecular complexity index is 359. The molecule has 1 fully saturated rings. The molecule has 0 unspecified atom stereocenters.